The van der Waals surface area contributed by atoms with Crippen molar-refractivity contribution in [2.24, 2.45) is 5.41 Å². The minimum Gasteiger partial charge on any atom is -0.507 e. The Balaban J connectivity index is 2.49. The van der Waals surface area contributed by atoms with Crippen LogP contribution in [0.3, 0.4) is 0 Å². The predicted molar refractivity (Wildman–Crippen MR) is 238 cm³/mol. The molecule has 1 unspecified atom stereocenters. The topological polar surface area (TPSA) is 55.8 Å². The minimum atomic E-state index is -0.208. The molecule has 0 aromatic heterocycles. The van der Waals surface area contributed by atoms with E-state index in [9.17, 15) is 9.90 Å². The number of ether oxygens (including phenoxy) is 2. The molecule has 1 rings (SSSR count). The molecule has 1 aromatic rings. The van der Waals surface area contributed by atoms with Crippen molar-refractivity contribution < 1.29 is 19.4 Å². The predicted octanol–water partition coefficient (Wildman–Crippen LogP) is 15.4. The Hall–Kier alpha value is -1.20. The fourth-order valence-electron chi connectivity index (χ4n) is 8.06. The highest BCUT2D eigenvalue weighted by Crippen LogP contribution is 2.41. The first-order chi connectivity index (χ1) is 25.9. The number of benzene rings is 1. The monoisotopic (exact) mass is 775 g/mol. The number of aryl methyl sites for hydroxylation is 2. The molecule has 0 heterocycles. The van der Waals surface area contributed by atoms with Gasteiger partial charge in [0.2, 0.25) is 0 Å². The van der Waals surface area contributed by atoms with Crippen LogP contribution in [0, 0.1) is 12.3 Å². The molecule has 1 aromatic carbocycles. The minimum absolute atomic E-state index is 0.138. The Morgan fingerprint density at radius 2 is 1.15 bits per heavy atom. The lowest BCUT2D eigenvalue weighted by molar-refractivity contribution is -0.150. The molecular formula is C49H90O4S. The smallest absolute Gasteiger partial charge is 0.306 e. The summed E-state index contributed by atoms with van der Waals surface area (Å²) in [5.74, 6) is 2.14. The summed E-state index contributed by atoms with van der Waals surface area (Å²) in [7, 11) is 0. The summed E-state index contributed by atoms with van der Waals surface area (Å²) in [4.78, 5) is 13.2. The van der Waals surface area contributed by atoms with Crippen LogP contribution in [0.5, 0.6) is 5.75 Å². The van der Waals surface area contributed by atoms with Gasteiger partial charge in [0.1, 0.15) is 11.9 Å². The first-order valence-corrected chi connectivity index (χ1v) is 24.2. The second-order valence-corrected chi connectivity index (χ2v) is 19.6. The highest BCUT2D eigenvalue weighted by Gasteiger charge is 2.30. The molecular weight excluding hydrogens is 685 g/mol. The molecule has 0 fully saturated rings. The lowest BCUT2D eigenvalue weighted by atomic mass is 9.71. The van der Waals surface area contributed by atoms with E-state index in [1.54, 1.807) is 0 Å². The van der Waals surface area contributed by atoms with Crippen LogP contribution in [-0.4, -0.2) is 41.9 Å². The van der Waals surface area contributed by atoms with Gasteiger partial charge in [-0.3, -0.25) is 4.79 Å². The van der Waals surface area contributed by atoms with Crippen LogP contribution in [0.1, 0.15) is 232 Å². The molecule has 316 valence electrons. The Bertz CT molecular complexity index is 1040. The van der Waals surface area contributed by atoms with Gasteiger partial charge in [0.05, 0.1) is 6.61 Å². The number of hydrogen-bond donors (Lipinski definition) is 1. The Labute approximate surface area is 340 Å². The number of phenols is 1. The number of unbranched alkanes of at least 4 members (excludes halogenated alkanes) is 22. The molecule has 0 aliphatic heterocycles. The Morgan fingerprint density at radius 1 is 0.685 bits per heavy atom. The van der Waals surface area contributed by atoms with Gasteiger partial charge in [-0.05, 0) is 60.3 Å². The first-order valence-electron chi connectivity index (χ1n) is 23.1. The molecule has 0 radical (unpaired) electrons. The van der Waals surface area contributed by atoms with Gasteiger partial charge < -0.3 is 14.6 Å². The summed E-state index contributed by atoms with van der Waals surface area (Å²) in [6, 6.07) is 4.14. The second-order valence-electron chi connectivity index (χ2n) is 18.5. The van der Waals surface area contributed by atoms with Gasteiger partial charge in [0.15, 0.2) is 0 Å². The Morgan fingerprint density at radius 3 is 1.63 bits per heavy atom. The zero-order chi connectivity index (χ0) is 39.9. The molecule has 0 amide bonds. The second kappa shape index (κ2) is 31.8. The fraction of sp³-hybridized carbons (Fsp3) is 0.857. The van der Waals surface area contributed by atoms with E-state index in [2.05, 4.69) is 54.5 Å². The van der Waals surface area contributed by atoms with E-state index in [0.717, 1.165) is 47.6 Å². The van der Waals surface area contributed by atoms with E-state index < -0.39 is 0 Å². The van der Waals surface area contributed by atoms with Crippen LogP contribution in [-0.2, 0) is 26.1 Å². The van der Waals surface area contributed by atoms with Gasteiger partial charge >= 0.3 is 5.97 Å². The number of aromatic hydroxyl groups is 1. The number of phenolic OH excluding ortho intramolecular Hbond substituents is 1. The van der Waals surface area contributed by atoms with Crippen molar-refractivity contribution in [3.05, 3.63) is 28.8 Å². The fourth-order valence-corrected chi connectivity index (χ4v) is 9.06. The van der Waals surface area contributed by atoms with Crippen LogP contribution in [0.4, 0.5) is 0 Å². The third-order valence-electron chi connectivity index (χ3n) is 10.9. The summed E-state index contributed by atoms with van der Waals surface area (Å²) in [5.41, 5.74) is 2.89. The molecule has 5 heteroatoms. The van der Waals surface area contributed by atoms with E-state index in [1.165, 1.54) is 148 Å². The zero-order valence-electron chi connectivity index (χ0n) is 37.2. The third kappa shape index (κ3) is 27.4. The van der Waals surface area contributed by atoms with Crippen LogP contribution in [0.25, 0.3) is 0 Å². The van der Waals surface area contributed by atoms with Crippen LogP contribution >= 0.6 is 11.8 Å². The number of rotatable bonds is 36. The molecule has 1 N–H and O–H groups in total. The summed E-state index contributed by atoms with van der Waals surface area (Å²) in [6.07, 6.45) is 34.1. The van der Waals surface area contributed by atoms with E-state index in [-0.39, 0.29) is 22.9 Å². The van der Waals surface area contributed by atoms with E-state index >= 15 is 0 Å². The number of esters is 1. The van der Waals surface area contributed by atoms with Crippen molar-refractivity contribution in [2.45, 2.75) is 240 Å². The maximum Gasteiger partial charge on any atom is 0.306 e. The van der Waals surface area contributed by atoms with Crippen molar-refractivity contribution in [3.8, 4) is 5.75 Å². The maximum atomic E-state index is 13.2. The highest BCUT2D eigenvalue weighted by molar-refractivity contribution is 7.99. The quantitative estimate of drug-likeness (QED) is 0.0543. The lowest BCUT2D eigenvalue weighted by Gasteiger charge is -2.34. The van der Waals surface area contributed by atoms with E-state index in [1.807, 2.05) is 24.8 Å². The molecule has 0 aliphatic carbocycles. The van der Waals surface area contributed by atoms with Crippen LogP contribution in [0.15, 0.2) is 12.1 Å². The Kier molecular flexibility index (Phi) is 30.0. The number of carbonyl (C=O) groups is 1. The van der Waals surface area contributed by atoms with Crippen LogP contribution < -0.4 is 0 Å². The van der Waals surface area contributed by atoms with E-state index in [4.69, 9.17) is 9.47 Å². The van der Waals surface area contributed by atoms with Crippen molar-refractivity contribution in [2.75, 3.05) is 24.7 Å². The summed E-state index contributed by atoms with van der Waals surface area (Å²) < 4.78 is 12.2. The zero-order valence-corrected chi connectivity index (χ0v) is 38.0. The van der Waals surface area contributed by atoms with Crippen molar-refractivity contribution >= 4 is 17.7 Å². The number of thioether (sulfide) groups is 1. The van der Waals surface area contributed by atoms with Gasteiger partial charge in [-0.15, -0.1) is 0 Å². The molecule has 0 saturated carbocycles. The molecule has 54 heavy (non-hydrogen) atoms. The van der Waals surface area contributed by atoms with Crippen molar-refractivity contribution in [1.29, 1.82) is 0 Å². The standard InChI is InChI=1S/C49H90O4S/c1-9-11-13-15-17-19-21-22-23-24-25-27-29-31-35-52-39-44(40-54-36-32-30-28-26-20-18-16-14-12-10-2)53-46(50)34-33-43-37-42(3)47(51)45(38-43)49(7,8)41-48(4,5)6/h37-38,44,51H,9-36,39-41H2,1-8H3. The summed E-state index contributed by atoms with van der Waals surface area (Å²) in [6.45, 7) is 18.9. The maximum absolute atomic E-state index is 13.2. The van der Waals surface area contributed by atoms with E-state index in [0.29, 0.717) is 25.2 Å². The third-order valence-corrected chi connectivity index (χ3v) is 12.1. The van der Waals surface area contributed by atoms with Gasteiger partial charge in [-0.1, -0.05) is 202 Å². The van der Waals surface area contributed by atoms with Gasteiger partial charge in [0.25, 0.3) is 0 Å². The lowest BCUT2D eigenvalue weighted by Crippen LogP contribution is -2.27. The summed E-state index contributed by atoms with van der Waals surface area (Å²) >= 11 is 1.91. The van der Waals surface area contributed by atoms with Crippen molar-refractivity contribution in [3.63, 3.8) is 0 Å². The molecule has 0 saturated heterocycles. The van der Waals surface area contributed by atoms with Crippen molar-refractivity contribution in [1.82, 2.24) is 0 Å². The molecule has 0 bridgehead atoms. The first kappa shape index (κ1) is 50.8. The van der Waals surface area contributed by atoms with Gasteiger partial charge in [-0.2, -0.15) is 11.8 Å². The number of hydrogen-bond acceptors (Lipinski definition) is 5. The largest absolute Gasteiger partial charge is 0.507 e. The number of carbonyl (C=O) groups excluding carboxylic acids is 1. The van der Waals surface area contributed by atoms with Gasteiger partial charge in [0, 0.05) is 24.3 Å². The van der Waals surface area contributed by atoms with Crippen LogP contribution in [0.2, 0.25) is 0 Å². The average Bonchev–Trinajstić information content (AvgIpc) is 3.11. The highest BCUT2D eigenvalue weighted by atomic mass is 32.2. The molecule has 0 aliphatic rings. The molecule has 4 nitrogen and oxygen atoms in total. The SMILES string of the molecule is CCCCCCCCCCCCCCCCOCC(CSCCCCCCCCCCCC)OC(=O)CCc1cc(C)c(O)c(C(C)(C)CC(C)(C)C)c1. The van der Waals surface area contributed by atoms with Gasteiger partial charge in [-0.25, -0.2) is 0 Å². The summed E-state index contributed by atoms with van der Waals surface area (Å²) in [5, 5.41) is 11.0. The molecule has 0 spiro atoms. The average molecular weight is 775 g/mol. The normalized spacial score (nSPS) is 12.7. The molecule has 1 atom stereocenters.